The number of hydrogen-bond donors (Lipinski definition) is 10. The van der Waals surface area contributed by atoms with Crippen molar-refractivity contribution in [3.05, 3.63) is 43.9 Å². The van der Waals surface area contributed by atoms with E-state index in [2.05, 4.69) is 20.9 Å². The van der Waals surface area contributed by atoms with Crippen LogP contribution in [0.4, 0.5) is 4.79 Å². The zero-order valence-electron chi connectivity index (χ0n) is 38.6. The van der Waals surface area contributed by atoms with Gasteiger partial charge < -0.3 is 93.9 Å². The summed E-state index contributed by atoms with van der Waals surface area (Å²) < 4.78 is 1.74. The molecule has 0 bridgehead atoms. The van der Waals surface area contributed by atoms with Gasteiger partial charge in [-0.2, -0.15) is 4.99 Å². The minimum atomic E-state index is -2.43. The first-order valence-electron chi connectivity index (χ1n) is 20.7. The Bertz CT molecular complexity index is 2140. The number of urea groups is 1. The number of carbonyl (C=O) groups excluding carboxylic acids is 9. The van der Waals surface area contributed by atoms with Crippen LogP contribution >= 0.6 is 11.8 Å². The third kappa shape index (κ3) is 18.4. The predicted octanol–water partition coefficient (Wildman–Crippen LogP) is -7.64. The standard InChI is InChI=1S/C37H57N12O18S.Fe/c1-17(51)47(65)12-5-8-20(38)30(57)40-21(9-6-13-48(66)18(2)52)31(58)41-22(10-7-14-49(67)19(3)53)32(59)42-23(16-50)33(60)44-25(35(61)62)26(54)29-27(55)28(56)34(68-29)46-15-11-24(43-36(39)63)45(4)37(46)64;/h11,15,20-23,25-29,34,50,54-56H,5-10,12-14,16,38H2,1-4H3,(H2,39,63)(H,40,57)(H,41,58)(H,42,59)(H,44,60)(H,61,62);/q-3;+3/b43-24+;/t20-,21-,22-,23-,25+,26-,27+,28+,29+,34+;/m0./s1. The number of aliphatic hydroxyl groups excluding tert-OH is 4. The van der Waals surface area contributed by atoms with Gasteiger partial charge in [-0.25, -0.2) is 9.59 Å². The number of carbonyl (C=O) groups is 9. The maximum absolute atomic E-state index is 13.7. The van der Waals surface area contributed by atoms with Gasteiger partial charge in [0.25, 0.3) is 0 Å². The number of aromatic nitrogens is 2. The van der Waals surface area contributed by atoms with Crippen molar-refractivity contribution in [1.29, 1.82) is 0 Å². The molecular formula is C37H57FeN12O18S. The summed E-state index contributed by atoms with van der Waals surface area (Å²) in [5.74, 6) is -9.56. The Hall–Kier alpha value is -5.54. The number of nitrogens with one attached hydrogen (secondary N) is 4. The normalized spacial score (nSPS) is 19.3. The topological polar surface area (TPSA) is 476 Å². The number of hydrogen-bond acceptors (Lipinski definition) is 20. The van der Waals surface area contributed by atoms with E-state index in [0.717, 1.165) is 42.2 Å². The first kappa shape index (κ1) is 61.5. The van der Waals surface area contributed by atoms with E-state index < -0.39 is 144 Å². The number of thioether (sulfide) groups is 1. The van der Waals surface area contributed by atoms with Crippen LogP contribution in [0.1, 0.15) is 66.1 Å². The maximum Gasteiger partial charge on any atom is 3.00 e. The summed E-state index contributed by atoms with van der Waals surface area (Å²) in [6, 6.07) is -9.16. The number of nitrogens with two attached hydrogens (primary N) is 2. The molecule has 1 aliphatic heterocycles. The third-order valence-electron chi connectivity index (χ3n) is 10.3. The molecule has 2 heterocycles. The van der Waals surface area contributed by atoms with Gasteiger partial charge in [0.05, 0.1) is 42.1 Å². The van der Waals surface area contributed by atoms with Crippen molar-refractivity contribution in [2.75, 3.05) is 26.2 Å². The van der Waals surface area contributed by atoms with Crippen LogP contribution in [0.5, 0.6) is 0 Å². The molecule has 1 fully saturated rings. The van der Waals surface area contributed by atoms with Crippen LogP contribution in [0.3, 0.4) is 0 Å². The number of amides is 9. The molecule has 69 heavy (non-hydrogen) atoms. The summed E-state index contributed by atoms with van der Waals surface area (Å²) >= 11 is 0.508. The molecule has 12 N–H and O–H groups in total. The Morgan fingerprint density at radius 3 is 1.65 bits per heavy atom. The van der Waals surface area contributed by atoms with Crippen molar-refractivity contribution in [2.24, 2.45) is 23.5 Å². The van der Waals surface area contributed by atoms with Crippen molar-refractivity contribution in [2.45, 2.75) is 118 Å². The SMILES string of the molecule is CC(=O)N([O-])CCC[C@H](NC(=O)[C@H](CCCN([O-])C(C)=O)NC(=O)[C@@H](N)CCCN([O-])C(C)=O)C(=O)N[C@@H](CO)C(=O)N[C@@H](C(=O)[O-])[C@H](O)[C@H]1S[C@@H](n2cc/c(=N\C(N)=O)n(C)c2=O)[C@H](O)[C@H]1O.[Fe+3].[H+]. The van der Waals surface area contributed by atoms with Crippen LogP contribution in [0, 0.1) is 15.6 Å². The second-order valence-corrected chi connectivity index (χ2v) is 16.7. The molecule has 0 spiro atoms. The summed E-state index contributed by atoms with van der Waals surface area (Å²) in [4.78, 5) is 128. The molecule has 1 saturated heterocycles. The average molecular weight is 1050 g/mol. The van der Waals surface area contributed by atoms with E-state index in [4.69, 9.17) is 11.5 Å². The maximum atomic E-state index is 13.7. The largest absolute Gasteiger partial charge is 3.00 e. The molecule has 2 rings (SSSR count). The van der Waals surface area contributed by atoms with Gasteiger partial charge in [-0.05, 0) is 44.6 Å². The molecule has 1 aromatic heterocycles. The van der Waals surface area contributed by atoms with Crippen LogP contribution in [0.25, 0.3) is 0 Å². The minimum Gasteiger partial charge on any atom is -0.756 e. The summed E-state index contributed by atoms with van der Waals surface area (Å²) in [5.41, 5.74) is 9.91. The molecule has 0 unspecified atom stereocenters. The van der Waals surface area contributed by atoms with E-state index in [9.17, 15) is 89.1 Å². The Kier molecular flexibility index (Phi) is 25.7. The molecule has 0 saturated carbocycles. The molecule has 9 amide bonds. The van der Waals surface area contributed by atoms with Crippen LogP contribution in [-0.2, 0) is 62.5 Å². The number of aliphatic carboxylic acids is 1. The van der Waals surface area contributed by atoms with Crippen LogP contribution < -0.4 is 49.0 Å². The average Bonchev–Trinajstić information content (AvgIpc) is 3.56. The molecule has 1 aromatic rings. The third-order valence-corrected chi connectivity index (χ3v) is 12.0. The molecule has 1 radical (unpaired) electrons. The summed E-state index contributed by atoms with van der Waals surface area (Å²) in [6.45, 7) is 0.422. The monoisotopic (exact) mass is 1050 g/mol. The number of aliphatic hydroxyl groups is 4. The van der Waals surface area contributed by atoms with Crippen molar-refractivity contribution in [3.63, 3.8) is 0 Å². The fourth-order valence-electron chi connectivity index (χ4n) is 6.43. The van der Waals surface area contributed by atoms with Crippen molar-refractivity contribution in [3.8, 4) is 0 Å². The predicted molar refractivity (Wildman–Crippen MR) is 232 cm³/mol. The van der Waals surface area contributed by atoms with Crippen LogP contribution in [0.15, 0.2) is 22.1 Å². The fraction of sp³-hybridized carbons (Fsp3) is 0.649. The number of rotatable bonds is 25. The zero-order valence-corrected chi connectivity index (χ0v) is 39.5. The molecule has 387 valence electrons. The molecule has 32 heteroatoms. The molecule has 0 aromatic carbocycles. The molecule has 10 atom stereocenters. The smallest absolute Gasteiger partial charge is 0.756 e. The van der Waals surface area contributed by atoms with Crippen molar-refractivity contribution in [1.82, 2.24) is 45.6 Å². The molecule has 1 aliphatic rings. The van der Waals surface area contributed by atoms with Gasteiger partial charge >= 0.3 is 30.2 Å². The quantitative estimate of drug-likeness (QED) is 0.0321. The van der Waals surface area contributed by atoms with Gasteiger partial charge in [0, 0.05) is 53.6 Å². The first-order valence-corrected chi connectivity index (χ1v) is 21.6. The van der Waals surface area contributed by atoms with E-state index in [-0.39, 0.29) is 77.8 Å². The number of carboxylic acid groups (broad SMARTS) is 1. The second-order valence-electron chi connectivity index (χ2n) is 15.4. The minimum absolute atomic E-state index is 0. The van der Waals surface area contributed by atoms with Gasteiger partial charge in [-0.1, -0.05) is 0 Å². The van der Waals surface area contributed by atoms with Crippen molar-refractivity contribution < 1.29 is 87.2 Å². The molecule has 30 nitrogen and oxygen atoms in total. The Balaban J connectivity index is 0.0000238. The molecule has 0 aliphatic carbocycles. The molecular weight excluding hydrogens is 988 g/mol. The van der Waals surface area contributed by atoms with E-state index >= 15 is 0 Å². The Morgan fingerprint density at radius 1 is 0.783 bits per heavy atom. The summed E-state index contributed by atoms with van der Waals surface area (Å²) in [5, 5.41) is 96.7. The summed E-state index contributed by atoms with van der Waals surface area (Å²) in [6.07, 6.45) is -6.51. The number of nitrogens with zero attached hydrogens (tertiary/aromatic N) is 6. The van der Waals surface area contributed by atoms with Gasteiger partial charge in [-0.15, -0.1) is 11.8 Å². The van der Waals surface area contributed by atoms with Crippen LogP contribution in [-0.4, -0.2) is 178 Å². The first-order chi connectivity index (χ1) is 31.7. The number of carboxylic acids is 1. The van der Waals surface area contributed by atoms with E-state index in [1.807, 2.05) is 5.32 Å². The van der Waals surface area contributed by atoms with Gasteiger partial charge in [0.2, 0.25) is 41.4 Å². The van der Waals surface area contributed by atoms with Crippen LogP contribution in [0.2, 0.25) is 0 Å². The van der Waals surface area contributed by atoms with Crippen molar-refractivity contribution >= 4 is 65.1 Å². The van der Waals surface area contributed by atoms with E-state index in [0.29, 0.717) is 11.8 Å². The Labute approximate surface area is 408 Å². The number of hydroxylamine groups is 6. The second kappa shape index (κ2) is 28.8. The summed E-state index contributed by atoms with van der Waals surface area (Å²) in [7, 11) is 1.20. The Morgan fingerprint density at radius 2 is 1.22 bits per heavy atom. The van der Waals surface area contributed by atoms with E-state index in [1.54, 1.807) is 0 Å². The zero-order chi connectivity index (χ0) is 51.7. The van der Waals surface area contributed by atoms with E-state index in [1.165, 1.54) is 7.05 Å². The van der Waals surface area contributed by atoms with Gasteiger partial charge in [-0.3, -0.25) is 42.7 Å². The number of primary amides is 1. The fourth-order valence-corrected chi connectivity index (χ4v) is 8.00. The van der Waals surface area contributed by atoms with Gasteiger partial charge in [0.15, 0.2) is 0 Å². The van der Waals surface area contributed by atoms with Gasteiger partial charge in [0.1, 0.15) is 35.1 Å².